The van der Waals surface area contributed by atoms with Crippen molar-refractivity contribution >= 4 is 6.09 Å². The van der Waals surface area contributed by atoms with Crippen LogP contribution in [-0.2, 0) is 4.74 Å². The zero-order valence-electron chi connectivity index (χ0n) is 14.6. The van der Waals surface area contributed by atoms with Gasteiger partial charge in [-0.15, -0.1) is 0 Å². The summed E-state index contributed by atoms with van der Waals surface area (Å²) in [5, 5.41) is 2.62. The maximum absolute atomic E-state index is 13.4. The molecule has 1 aromatic rings. The number of carbonyl (C=O) groups excluding carboxylic acids is 1. The van der Waals surface area contributed by atoms with Gasteiger partial charge in [0.05, 0.1) is 12.0 Å². The molecular formula is C18H26F2N2O2. The largest absolute Gasteiger partial charge is 0.444 e. The van der Waals surface area contributed by atoms with E-state index in [4.69, 9.17) is 4.74 Å². The Kier molecular flexibility index (Phi) is 5.80. The standard InChI is InChI=1S/C18H26F2N2O2/c1-12(13-8-6-5-7-9-13)22-10-14(16(19)20)15(11-22)21-17(23)24-18(2,3)4/h5-9,12,14-16H,10-11H2,1-4H3,(H,21,23)/t12-,14?,15?/m1/s1. The number of nitrogens with zero attached hydrogens (tertiary/aromatic N) is 1. The molecule has 0 aromatic heterocycles. The van der Waals surface area contributed by atoms with Gasteiger partial charge in [-0.3, -0.25) is 4.90 Å². The molecule has 0 bridgehead atoms. The van der Waals surface area contributed by atoms with Crippen LogP contribution in [0.25, 0.3) is 0 Å². The molecule has 1 aromatic carbocycles. The zero-order chi connectivity index (χ0) is 17.9. The Hall–Kier alpha value is -1.69. The van der Waals surface area contributed by atoms with Crippen LogP contribution >= 0.6 is 0 Å². The van der Waals surface area contributed by atoms with Crippen LogP contribution in [0.2, 0.25) is 0 Å². The van der Waals surface area contributed by atoms with Crippen molar-refractivity contribution in [3.63, 3.8) is 0 Å². The number of halogens is 2. The third-order valence-corrected chi connectivity index (χ3v) is 4.25. The summed E-state index contributed by atoms with van der Waals surface area (Å²) in [6.07, 6.45) is -3.13. The van der Waals surface area contributed by atoms with E-state index in [0.717, 1.165) is 5.56 Å². The molecule has 0 spiro atoms. The van der Waals surface area contributed by atoms with Crippen molar-refractivity contribution in [2.75, 3.05) is 13.1 Å². The van der Waals surface area contributed by atoms with Crippen molar-refractivity contribution < 1.29 is 18.3 Å². The highest BCUT2D eigenvalue weighted by Crippen LogP contribution is 2.30. The Morgan fingerprint density at radius 1 is 1.25 bits per heavy atom. The Morgan fingerprint density at radius 2 is 1.88 bits per heavy atom. The quantitative estimate of drug-likeness (QED) is 0.905. The first-order valence-electron chi connectivity index (χ1n) is 8.24. The van der Waals surface area contributed by atoms with Crippen molar-refractivity contribution in [1.29, 1.82) is 0 Å². The molecule has 2 unspecified atom stereocenters. The van der Waals surface area contributed by atoms with Gasteiger partial charge in [0.1, 0.15) is 5.60 Å². The molecule has 1 N–H and O–H groups in total. The predicted octanol–water partition coefficient (Wildman–Crippen LogP) is 3.84. The van der Waals surface area contributed by atoms with Gasteiger partial charge in [-0.25, -0.2) is 13.6 Å². The van der Waals surface area contributed by atoms with Crippen LogP contribution in [0.4, 0.5) is 13.6 Å². The summed E-state index contributed by atoms with van der Waals surface area (Å²) >= 11 is 0. The van der Waals surface area contributed by atoms with Gasteiger partial charge >= 0.3 is 6.09 Å². The van der Waals surface area contributed by atoms with E-state index in [-0.39, 0.29) is 12.6 Å². The molecule has 24 heavy (non-hydrogen) atoms. The van der Waals surface area contributed by atoms with E-state index >= 15 is 0 Å². The van der Waals surface area contributed by atoms with E-state index in [0.29, 0.717) is 6.54 Å². The van der Waals surface area contributed by atoms with Gasteiger partial charge in [0, 0.05) is 19.1 Å². The van der Waals surface area contributed by atoms with Crippen molar-refractivity contribution in [3.8, 4) is 0 Å². The number of hydrogen-bond acceptors (Lipinski definition) is 3. The molecule has 0 radical (unpaired) electrons. The Bertz CT molecular complexity index is 546. The molecule has 1 aliphatic rings. The lowest BCUT2D eigenvalue weighted by Crippen LogP contribution is -2.44. The molecule has 0 saturated carbocycles. The summed E-state index contributed by atoms with van der Waals surface area (Å²) < 4.78 is 32.0. The third-order valence-electron chi connectivity index (χ3n) is 4.25. The van der Waals surface area contributed by atoms with E-state index in [9.17, 15) is 13.6 Å². The highest BCUT2D eigenvalue weighted by atomic mass is 19.3. The Balaban J connectivity index is 2.04. The second-order valence-corrected chi connectivity index (χ2v) is 7.29. The topological polar surface area (TPSA) is 41.6 Å². The highest BCUT2D eigenvalue weighted by Gasteiger charge is 2.41. The summed E-state index contributed by atoms with van der Waals surface area (Å²) in [6, 6.07) is 9.15. The molecule has 4 nitrogen and oxygen atoms in total. The number of rotatable bonds is 4. The third kappa shape index (κ3) is 4.90. The van der Waals surface area contributed by atoms with Gasteiger partial charge in [0.15, 0.2) is 0 Å². The number of carbonyl (C=O) groups is 1. The summed E-state index contributed by atoms with van der Waals surface area (Å²) in [5.41, 5.74) is 0.420. The predicted molar refractivity (Wildman–Crippen MR) is 89.1 cm³/mol. The molecule has 2 rings (SSSR count). The van der Waals surface area contributed by atoms with E-state index in [1.807, 2.05) is 42.2 Å². The monoisotopic (exact) mass is 340 g/mol. The maximum atomic E-state index is 13.4. The Labute approximate surface area is 142 Å². The maximum Gasteiger partial charge on any atom is 0.407 e. The van der Waals surface area contributed by atoms with Gasteiger partial charge in [0.25, 0.3) is 0 Å². The Morgan fingerprint density at radius 3 is 2.42 bits per heavy atom. The summed E-state index contributed by atoms with van der Waals surface area (Å²) in [5.74, 6) is -0.899. The first kappa shape index (κ1) is 18.6. The van der Waals surface area contributed by atoms with Crippen LogP contribution in [-0.4, -0.2) is 42.2 Å². The summed E-state index contributed by atoms with van der Waals surface area (Å²) in [6.45, 7) is 7.85. The van der Waals surface area contributed by atoms with Gasteiger partial charge in [-0.1, -0.05) is 30.3 Å². The SMILES string of the molecule is C[C@H](c1ccccc1)N1CC(NC(=O)OC(C)(C)C)C(C(F)F)C1. The number of benzene rings is 1. The average Bonchev–Trinajstić information content (AvgIpc) is 2.89. The zero-order valence-corrected chi connectivity index (χ0v) is 14.6. The second kappa shape index (κ2) is 7.47. The fraction of sp³-hybridized carbons (Fsp3) is 0.611. The van der Waals surface area contributed by atoms with Crippen molar-refractivity contribution in [1.82, 2.24) is 10.2 Å². The number of likely N-dealkylation sites (tertiary alicyclic amines) is 1. The lowest BCUT2D eigenvalue weighted by atomic mass is 10.1. The first-order chi connectivity index (χ1) is 11.2. The van der Waals surface area contributed by atoms with Crippen molar-refractivity contribution in [2.24, 2.45) is 5.92 Å². The normalized spacial score (nSPS) is 23.3. The molecule has 1 aliphatic heterocycles. The molecule has 1 fully saturated rings. The minimum Gasteiger partial charge on any atom is -0.444 e. The van der Waals surface area contributed by atoms with Gasteiger partial charge in [0.2, 0.25) is 6.43 Å². The van der Waals surface area contributed by atoms with Crippen LogP contribution in [0, 0.1) is 5.92 Å². The number of nitrogens with one attached hydrogen (secondary N) is 1. The second-order valence-electron chi connectivity index (χ2n) is 7.29. The molecule has 1 heterocycles. The number of alkyl carbamates (subject to hydrolysis) is 1. The molecule has 1 amide bonds. The lowest BCUT2D eigenvalue weighted by molar-refractivity contribution is 0.0406. The van der Waals surface area contributed by atoms with Crippen molar-refractivity contribution in [2.45, 2.75) is 51.8 Å². The fourth-order valence-corrected chi connectivity index (χ4v) is 2.99. The molecule has 0 aliphatic carbocycles. The van der Waals surface area contributed by atoms with Crippen LogP contribution in [0.3, 0.4) is 0 Å². The van der Waals surface area contributed by atoms with E-state index < -0.39 is 30.1 Å². The van der Waals surface area contributed by atoms with Crippen LogP contribution in [0.15, 0.2) is 30.3 Å². The fourth-order valence-electron chi connectivity index (χ4n) is 2.99. The van der Waals surface area contributed by atoms with Gasteiger partial charge in [-0.2, -0.15) is 0 Å². The molecular weight excluding hydrogens is 314 g/mol. The number of amides is 1. The molecule has 6 heteroatoms. The van der Waals surface area contributed by atoms with Gasteiger partial charge in [-0.05, 0) is 33.3 Å². The van der Waals surface area contributed by atoms with Gasteiger partial charge < -0.3 is 10.1 Å². The van der Waals surface area contributed by atoms with Crippen LogP contribution in [0.5, 0.6) is 0 Å². The number of hydrogen-bond donors (Lipinski definition) is 1. The summed E-state index contributed by atoms with van der Waals surface area (Å²) in [4.78, 5) is 13.9. The lowest BCUT2D eigenvalue weighted by Gasteiger charge is -2.25. The molecule has 1 saturated heterocycles. The van der Waals surface area contributed by atoms with E-state index in [2.05, 4.69) is 5.32 Å². The first-order valence-corrected chi connectivity index (χ1v) is 8.24. The van der Waals surface area contributed by atoms with E-state index in [1.165, 1.54) is 0 Å². The highest BCUT2D eigenvalue weighted by molar-refractivity contribution is 5.68. The number of ether oxygens (including phenoxy) is 1. The van der Waals surface area contributed by atoms with Crippen molar-refractivity contribution in [3.05, 3.63) is 35.9 Å². The van der Waals surface area contributed by atoms with E-state index in [1.54, 1.807) is 20.8 Å². The smallest absolute Gasteiger partial charge is 0.407 e. The minimum absolute atomic E-state index is 0.0119. The average molecular weight is 340 g/mol. The van der Waals surface area contributed by atoms with Crippen LogP contribution in [0.1, 0.15) is 39.3 Å². The number of alkyl halides is 2. The molecule has 134 valence electrons. The molecule has 3 atom stereocenters. The summed E-state index contributed by atoms with van der Waals surface area (Å²) in [7, 11) is 0. The van der Waals surface area contributed by atoms with Crippen LogP contribution < -0.4 is 5.32 Å². The minimum atomic E-state index is -2.49.